The molecule has 1 saturated heterocycles. The zero-order valence-electron chi connectivity index (χ0n) is 20.5. The average Bonchev–Trinajstić information content (AvgIpc) is 2.86. The minimum Gasteiger partial charge on any atom is -0.350 e. The number of hydrogen-bond acceptors (Lipinski definition) is 4. The van der Waals surface area contributed by atoms with Crippen LogP contribution in [-0.2, 0) is 26.2 Å². The van der Waals surface area contributed by atoms with Crippen molar-refractivity contribution in [1.82, 2.24) is 14.5 Å². The molecule has 35 heavy (non-hydrogen) atoms. The summed E-state index contributed by atoms with van der Waals surface area (Å²) >= 11 is 0. The number of halogens is 1. The third kappa shape index (κ3) is 6.89. The maximum atomic E-state index is 13.0. The fourth-order valence-electron chi connectivity index (χ4n) is 4.15. The van der Waals surface area contributed by atoms with Crippen LogP contribution in [0.1, 0.15) is 50.7 Å². The Morgan fingerprint density at radius 3 is 2.20 bits per heavy atom. The highest BCUT2D eigenvalue weighted by atomic mass is 32.2. The van der Waals surface area contributed by atoms with Crippen LogP contribution < -0.4 is 5.32 Å². The van der Waals surface area contributed by atoms with Gasteiger partial charge >= 0.3 is 0 Å². The first-order valence-electron chi connectivity index (χ1n) is 12.0. The second kappa shape index (κ2) is 11.8. The third-order valence-electron chi connectivity index (χ3n) is 6.42. The molecule has 0 spiro atoms. The van der Waals surface area contributed by atoms with E-state index in [0.717, 1.165) is 11.1 Å². The Morgan fingerprint density at radius 2 is 1.66 bits per heavy atom. The number of sulfonamides is 1. The van der Waals surface area contributed by atoms with E-state index in [4.69, 9.17) is 0 Å². The minimum absolute atomic E-state index is 0.0722. The molecular weight excluding hydrogens is 469 g/mol. The van der Waals surface area contributed by atoms with E-state index in [-0.39, 0.29) is 54.6 Å². The Morgan fingerprint density at radius 1 is 1.06 bits per heavy atom. The van der Waals surface area contributed by atoms with Gasteiger partial charge in [0, 0.05) is 32.1 Å². The molecule has 0 radical (unpaired) electrons. The van der Waals surface area contributed by atoms with Crippen LogP contribution in [-0.4, -0.2) is 55.6 Å². The fraction of sp³-hybridized carbons (Fsp3) is 0.462. The van der Waals surface area contributed by atoms with Gasteiger partial charge in [0.1, 0.15) is 5.82 Å². The number of piperidine rings is 1. The highest BCUT2D eigenvalue weighted by Gasteiger charge is 2.34. The van der Waals surface area contributed by atoms with Gasteiger partial charge in [0.2, 0.25) is 21.8 Å². The topological polar surface area (TPSA) is 86.8 Å². The zero-order valence-corrected chi connectivity index (χ0v) is 21.4. The first-order valence-corrected chi connectivity index (χ1v) is 13.5. The zero-order chi connectivity index (χ0) is 25.6. The molecule has 0 bridgehead atoms. The summed E-state index contributed by atoms with van der Waals surface area (Å²) in [5.74, 6) is -0.780. The summed E-state index contributed by atoms with van der Waals surface area (Å²) < 4.78 is 40.5. The summed E-state index contributed by atoms with van der Waals surface area (Å²) in [5.41, 5.74) is 1.84. The Labute approximate surface area is 207 Å². The smallest absolute Gasteiger partial charge is 0.243 e. The molecule has 2 amide bonds. The molecular formula is C26H34FN3O4S. The lowest BCUT2D eigenvalue weighted by molar-refractivity contribution is -0.140. The normalized spacial score (nSPS) is 15.2. The van der Waals surface area contributed by atoms with Crippen molar-refractivity contribution < 1.29 is 22.4 Å². The molecule has 0 aromatic heterocycles. The number of benzene rings is 2. The first-order chi connectivity index (χ1) is 16.6. The van der Waals surface area contributed by atoms with Gasteiger partial charge in [0.25, 0.3) is 0 Å². The molecule has 1 aliphatic heterocycles. The monoisotopic (exact) mass is 503 g/mol. The van der Waals surface area contributed by atoms with Crippen LogP contribution in [0.5, 0.6) is 0 Å². The Balaban J connectivity index is 1.52. The van der Waals surface area contributed by atoms with Gasteiger partial charge in [-0.3, -0.25) is 9.59 Å². The van der Waals surface area contributed by atoms with E-state index in [1.54, 1.807) is 24.3 Å². The molecule has 1 aliphatic rings. The van der Waals surface area contributed by atoms with Crippen LogP contribution in [0.3, 0.4) is 0 Å². The van der Waals surface area contributed by atoms with Crippen LogP contribution in [0.15, 0.2) is 53.4 Å². The molecule has 1 N–H and O–H groups in total. The Kier molecular flexibility index (Phi) is 9.02. The summed E-state index contributed by atoms with van der Waals surface area (Å²) in [6, 6.07) is 12.8. The number of nitrogens with one attached hydrogen (secondary N) is 1. The molecule has 190 valence electrons. The van der Waals surface area contributed by atoms with Gasteiger partial charge in [-0.1, -0.05) is 38.1 Å². The molecule has 9 heteroatoms. The lowest BCUT2D eigenvalue weighted by Crippen LogP contribution is -2.47. The number of carbonyl (C=O) groups is 2. The third-order valence-corrected chi connectivity index (χ3v) is 8.33. The minimum atomic E-state index is -3.61. The molecule has 0 atom stereocenters. The number of likely N-dealkylation sites (N-methyl/N-ethyl adjacent to an activating group) is 1. The predicted octanol–water partition coefficient (Wildman–Crippen LogP) is 3.51. The van der Waals surface area contributed by atoms with E-state index in [2.05, 4.69) is 19.2 Å². The maximum Gasteiger partial charge on any atom is 0.243 e. The highest BCUT2D eigenvalue weighted by molar-refractivity contribution is 7.89. The van der Waals surface area contributed by atoms with Crippen molar-refractivity contribution in [1.29, 1.82) is 0 Å². The molecule has 1 fully saturated rings. The average molecular weight is 504 g/mol. The van der Waals surface area contributed by atoms with Gasteiger partial charge < -0.3 is 10.2 Å². The maximum absolute atomic E-state index is 13.0. The van der Waals surface area contributed by atoms with Gasteiger partial charge in [-0.25, -0.2) is 12.8 Å². The van der Waals surface area contributed by atoms with Crippen molar-refractivity contribution in [2.75, 3.05) is 26.2 Å². The summed E-state index contributed by atoms with van der Waals surface area (Å²) in [6.07, 6.45) is 0.825. The molecule has 3 rings (SSSR count). The van der Waals surface area contributed by atoms with Crippen LogP contribution in [0, 0.1) is 11.7 Å². The highest BCUT2D eigenvalue weighted by Crippen LogP contribution is 2.26. The standard InChI is InChI=1S/C26H34FN3O4S/c1-4-29(18-25(31)28-17-20-5-9-23(27)10-6-20)26(32)22-13-15-30(16-14-22)35(33,34)24-11-7-21(8-12-24)19(2)3/h5-12,19,22H,4,13-18H2,1-3H3,(H,28,31). The van der Waals surface area contributed by atoms with Crippen LogP contribution in [0.2, 0.25) is 0 Å². The fourth-order valence-corrected chi connectivity index (χ4v) is 5.62. The number of amides is 2. The van der Waals surface area contributed by atoms with Gasteiger partial charge in [-0.05, 0) is 61.1 Å². The van der Waals surface area contributed by atoms with Crippen molar-refractivity contribution in [2.24, 2.45) is 5.92 Å². The Hall–Kier alpha value is -2.78. The van der Waals surface area contributed by atoms with Crippen molar-refractivity contribution in [3.63, 3.8) is 0 Å². The lowest BCUT2D eigenvalue weighted by Gasteiger charge is -2.33. The molecule has 7 nitrogen and oxygen atoms in total. The van der Waals surface area contributed by atoms with E-state index in [1.807, 2.05) is 19.1 Å². The van der Waals surface area contributed by atoms with Crippen LogP contribution in [0.4, 0.5) is 4.39 Å². The van der Waals surface area contributed by atoms with Crippen molar-refractivity contribution >= 4 is 21.8 Å². The number of nitrogens with zero attached hydrogens (tertiary/aromatic N) is 2. The molecule has 2 aromatic carbocycles. The van der Waals surface area contributed by atoms with Gasteiger partial charge in [0.15, 0.2) is 0 Å². The molecule has 1 heterocycles. The van der Waals surface area contributed by atoms with Crippen molar-refractivity contribution in [3.8, 4) is 0 Å². The first kappa shape index (κ1) is 26.8. The summed E-state index contributed by atoms with van der Waals surface area (Å²) in [5, 5.41) is 2.75. The predicted molar refractivity (Wildman–Crippen MR) is 133 cm³/mol. The second-order valence-electron chi connectivity index (χ2n) is 9.16. The lowest BCUT2D eigenvalue weighted by atomic mass is 9.96. The van der Waals surface area contributed by atoms with Gasteiger partial charge in [0.05, 0.1) is 11.4 Å². The summed E-state index contributed by atoms with van der Waals surface area (Å²) in [7, 11) is -3.61. The van der Waals surface area contributed by atoms with E-state index in [0.29, 0.717) is 25.3 Å². The molecule has 0 saturated carbocycles. The van der Waals surface area contributed by atoms with Crippen molar-refractivity contribution in [3.05, 3.63) is 65.5 Å². The van der Waals surface area contributed by atoms with Crippen molar-refractivity contribution in [2.45, 2.75) is 51.0 Å². The molecule has 0 aliphatic carbocycles. The summed E-state index contributed by atoms with van der Waals surface area (Å²) in [4.78, 5) is 27.2. The quantitative estimate of drug-likeness (QED) is 0.567. The van der Waals surface area contributed by atoms with E-state index >= 15 is 0 Å². The summed E-state index contributed by atoms with van der Waals surface area (Å²) in [6.45, 7) is 7.00. The van der Waals surface area contributed by atoms with Gasteiger partial charge in [-0.2, -0.15) is 4.31 Å². The molecule has 2 aromatic rings. The van der Waals surface area contributed by atoms with E-state index < -0.39 is 10.0 Å². The van der Waals surface area contributed by atoms with Crippen LogP contribution in [0.25, 0.3) is 0 Å². The Bertz CT molecular complexity index is 1110. The number of hydrogen-bond donors (Lipinski definition) is 1. The van der Waals surface area contributed by atoms with Gasteiger partial charge in [-0.15, -0.1) is 0 Å². The van der Waals surface area contributed by atoms with Crippen LogP contribution >= 0.6 is 0 Å². The van der Waals surface area contributed by atoms with E-state index in [9.17, 15) is 22.4 Å². The SMILES string of the molecule is CCN(CC(=O)NCc1ccc(F)cc1)C(=O)C1CCN(S(=O)(=O)c2ccc(C(C)C)cc2)CC1. The number of rotatable bonds is 9. The number of carbonyl (C=O) groups excluding carboxylic acids is 2. The van der Waals surface area contributed by atoms with E-state index in [1.165, 1.54) is 21.3 Å². The second-order valence-corrected chi connectivity index (χ2v) is 11.1. The molecule has 0 unspecified atom stereocenters. The largest absolute Gasteiger partial charge is 0.350 e.